The zero-order valence-corrected chi connectivity index (χ0v) is 19.6. The minimum Gasteiger partial charge on any atom is -0.459 e. The van der Waals surface area contributed by atoms with Gasteiger partial charge in [-0.05, 0) is 43.0 Å². The lowest BCUT2D eigenvalue weighted by Gasteiger charge is -2.24. The van der Waals surface area contributed by atoms with Crippen LogP contribution in [0, 0.1) is 0 Å². The molecule has 0 radical (unpaired) electrons. The maximum Gasteiger partial charge on any atom is 0.410 e. The highest BCUT2D eigenvalue weighted by molar-refractivity contribution is 5.89. The van der Waals surface area contributed by atoms with Crippen molar-refractivity contribution in [3.05, 3.63) is 59.7 Å². The number of hydrogen-bond acceptors (Lipinski definition) is 6. The quantitative estimate of drug-likeness (QED) is 0.657. The van der Waals surface area contributed by atoms with Crippen molar-refractivity contribution in [2.75, 3.05) is 19.7 Å². The van der Waals surface area contributed by atoms with Crippen LogP contribution in [0.3, 0.4) is 0 Å². The van der Waals surface area contributed by atoms with Gasteiger partial charge in [0.05, 0.1) is 12.6 Å². The molecular weight excluding hydrogens is 436 g/mol. The number of nitrogens with zero attached hydrogens (tertiary/aromatic N) is 1. The minimum atomic E-state index is -0.923. The minimum absolute atomic E-state index is 0.0127. The molecule has 1 aliphatic heterocycles. The van der Waals surface area contributed by atoms with Crippen LogP contribution in [0.1, 0.15) is 44.2 Å². The predicted octanol–water partition coefficient (Wildman–Crippen LogP) is 2.83. The summed E-state index contributed by atoms with van der Waals surface area (Å²) in [4.78, 5) is 38.8. The van der Waals surface area contributed by atoms with Crippen molar-refractivity contribution in [1.82, 2.24) is 10.2 Å². The molecule has 2 aromatic rings. The number of rotatable bonds is 5. The van der Waals surface area contributed by atoms with Gasteiger partial charge < -0.3 is 19.9 Å². The molecule has 0 aromatic heterocycles. The summed E-state index contributed by atoms with van der Waals surface area (Å²) in [6, 6.07) is 15.1. The fourth-order valence-electron chi connectivity index (χ4n) is 4.60. The van der Waals surface area contributed by atoms with Crippen molar-refractivity contribution in [2.24, 2.45) is 0 Å². The molecule has 1 saturated heterocycles. The first-order chi connectivity index (χ1) is 16.1. The van der Waals surface area contributed by atoms with Gasteiger partial charge in [-0.3, -0.25) is 14.5 Å². The zero-order chi connectivity index (χ0) is 24.5. The lowest BCUT2D eigenvalue weighted by molar-refractivity contribution is -0.154. The summed E-state index contributed by atoms with van der Waals surface area (Å²) in [5, 5.41) is 12.6. The number of hydrogen-bond donors (Lipinski definition) is 2. The molecule has 0 unspecified atom stereocenters. The van der Waals surface area contributed by atoms with Gasteiger partial charge in [0.2, 0.25) is 5.91 Å². The molecule has 1 fully saturated rings. The molecular formula is C26H30N2O6. The van der Waals surface area contributed by atoms with E-state index in [1.165, 1.54) is 4.90 Å². The van der Waals surface area contributed by atoms with E-state index in [2.05, 4.69) is 17.4 Å². The molecule has 1 aliphatic carbocycles. The van der Waals surface area contributed by atoms with E-state index < -0.39 is 35.7 Å². The van der Waals surface area contributed by atoms with Gasteiger partial charge in [-0.2, -0.15) is 0 Å². The predicted molar refractivity (Wildman–Crippen MR) is 125 cm³/mol. The molecule has 8 nitrogen and oxygen atoms in total. The average molecular weight is 467 g/mol. The van der Waals surface area contributed by atoms with Crippen LogP contribution in [0.2, 0.25) is 0 Å². The topological polar surface area (TPSA) is 105 Å². The number of esters is 1. The first kappa shape index (κ1) is 23.8. The molecule has 8 heteroatoms. The molecule has 2 amide bonds. The highest BCUT2D eigenvalue weighted by Gasteiger charge is 2.40. The maximum absolute atomic E-state index is 12.9. The Labute approximate surface area is 198 Å². The second kappa shape index (κ2) is 9.46. The van der Waals surface area contributed by atoms with E-state index in [-0.39, 0.29) is 32.0 Å². The Morgan fingerprint density at radius 2 is 1.62 bits per heavy atom. The molecule has 0 saturated carbocycles. The number of β-amino-alcohol motifs (C(OH)–C–C–N with tert-alkyl or cyclic N) is 1. The van der Waals surface area contributed by atoms with Gasteiger partial charge in [0.15, 0.2) is 0 Å². The van der Waals surface area contributed by atoms with Gasteiger partial charge >= 0.3 is 12.1 Å². The van der Waals surface area contributed by atoms with E-state index in [1.807, 2.05) is 36.4 Å². The van der Waals surface area contributed by atoms with Crippen molar-refractivity contribution >= 4 is 18.0 Å². The molecule has 1 heterocycles. The first-order valence-corrected chi connectivity index (χ1v) is 11.4. The number of nitrogens with one attached hydrogen (secondary N) is 1. The SMILES string of the molecule is CC(C)(C)OC(=O)CNC(=O)[C@H]1C[C@@H](O)CN1C(=O)OCC1c2ccccc2-c2ccccc21. The van der Waals surface area contributed by atoms with E-state index in [0.29, 0.717) is 0 Å². The number of benzene rings is 2. The Morgan fingerprint density at radius 1 is 1.03 bits per heavy atom. The molecule has 180 valence electrons. The van der Waals surface area contributed by atoms with E-state index in [4.69, 9.17) is 9.47 Å². The fraction of sp³-hybridized carbons (Fsp3) is 0.423. The number of amides is 2. The Kier molecular flexibility index (Phi) is 6.61. The van der Waals surface area contributed by atoms with Crippen LogP contribution in [-0.2, 0) is 19.1 Å². The summed E-state index contributed by atoms with van der Waals surface area (Å²) >= 11 is 0. The first-order valence-electron chi connectivity index (χ1n) is 11.4. The fourth-order valence-corrected chi connectivity index (χ4v) is 4.60. The highest BCUT2D eigenvalue weighted by atomic mass is 16.6. The molecule has 2 aromatic carbocycles. The molecule has 2 N–H and O–H groups in total. The number of aliphatic hydroxyl groups is 1. The second-order valence-electron chi connectivity index (χ2n) is 9.67. The van der Waals surface area contributed by atoms with Crippen LogP contribution in [0.4, 0.5) is 4.79 Å². The lowest BCUT2D eigenvalue weighted by atomic mass is 9.98. The molecule has 0 spiro atoms. The van der Waals surface area contributed by atoms with Crippen LogP contribution in [0.25, 0.3) is 11.1 Å². The lowest BCUT2D eigenvalue weighted by Crippen LogP contribution is -2.47. The number of fused-ring (bicyclic) bond motifs is 3. The largest absolute Gasteiger partial charge is 0.459 e. The average Bonchev–Trinajstić information content (AvgIpc) is 3.33. The Morgan fingerprint density at radius 3 is 2.21 bits per heavy atom. The number of carbonyl (C=O) groups is 3. The zero-order valence-electron chi connectivity index (χ0n) is 19.6. The molecule has 2 aliphatic rings. The summed E-state index contributed by atoms with van der Waals surface area (Å²) in [7, 11) is 0. The maximum atomic E-state index is 12.9. The third-order valence-electron chi connectivity index (χ3n) is 5.98. The van der Waals surface area contributed by atoms with Gasteiger partial charge in [-0.25, -0.2) is 4.79 Å². The summed E-state index contributed by atoms with van der Waals surface area (Å²) < 4.78 is 10.8. The summed E-state index contributed by atoms with van der Waals surface area (Å²) in [6.45, 7) is 4.99. The van der Waals surface area contributed by atoms with Crippen molar-refractivity contribution < 1.29 is 29.0 Å². The Bertz CT molecular complexity index is 1050. The number of carbonyl (C=O) groups excluding carboxylic acids is 3. The van der Waals surface area contributed by atoms with Crippen LogP contribution in [-0.4, -0.2) is 65.4 Å². The van der Waals surface area contributed by atoms with Crippen molar-refractivity contribution in [2.45, 2.75) is 50.9 Å². The van der Waals surface area contributed by atoms with Crippen LogP contribution in [0.5, 0.6) is 0 Å². The summed E-state index contributed by atoms with van der Waals surface area (Å²) in [6.07, 6.45) is -1.45. The van der Waals surface area contributed by atoms with Crippen LogP contribution >= 0.6 is 0 Å². The van der Waals surface area contributed by atoms with Gasteiger partial charge in [-0.1, -0.05) is 48.5 Å². The van der Waals surface area contributed by atoms with E-state index in [1.54, 1.807) is 20.8 Å². The number of aliphatic hydroxyl groups excluding tert-OH is 1. The Hall–Kier alpha value is -3.39. The van der Waals surface area contributed by atoms with Gasteiger partial charge in [0, 0.05) is 12.3 Å². The number of likely N-dealkylation sites (tertiary alicyclic amines) is 1. The van der Waals surface area contributed by atoms with Gasteiger partial charge in [0.1, 0.15) is 24.8 Å². The smallest absolute Gasteiger partial charge is 0.410 e. The highest BCUT2D eigenvalue weighted by Crippen LogP contribution is 2.44. The van der Waals surface area contributed by atoms with Crippen LogP contribution < -0.4 is 5.32 Å². The summed E-state index contributed by atoms with van der Waals surface area (Å²) in [5.41, 5.74) is 3.75. The van der Waals surface area contributed by atoms with Crippen molar-refractivity contribution in [1.29, 1.82) is 0 Å². The van der Waals surface area contributed by atoms with Crippen molar-refractivity contribution in [3.8, 4) is 11.1 Å². The molecule has 2 atom stereocenters. The molecule has 0 bridgehead atoms. The molecule has 4 rings (SSSR count). The third kappa shape index (κ3) is 5.07. The van der Waals surface area contributed by atoms with E-state index in [0.717, 1.165) is 22.3 Å². The third-order valence-corrected chi connectivity index (χ3v) is 5.98. The normalized spacial score (nSPS) is 19.4. The molecule has 34 heavy (non-hydrogen) atoms. The number of ether oxygens (including phenoxy) is 2. The van der Waals surface area contributed by atoms with Gasteiger partial charge in [-0.15, -0.1) is 0 Å². The van der Waals surface area contributed by atoms with Crippen molar-refractivity contribution in [3.63, 3.8) is 0 Å². The second-order valence-corrected chi connectivity index (χ2v) is 9.67. The summed E-state index contributed by atoms with van der Waals surface area (Å²) in [5.74, 6) is -1.22. The Balaban J connectivity index is 1.39. The van der Waals surface area contributed by atoms with Gasteiger partial charge in [0.25, 0.3) is 0 Å². The van der Waals surface area contributed by atoms with Crippen LogP contribution in [0.15, 0.2) is 48.5 Å². The van der Waals surface area contributed by atoms with E-state index >= 15 is 0 Å². The standard InChI is InChI=1S/C26H30N2O6/c1-26(2,3)34-23(30)13-27-24(31)22-12-16(29)14-28(22)25(32)33-15-21-19-10-6-4-8-17(19)18-9-5-7-11-20(18)21/h4-11,16,21-22,29H,12-15H2,1-3H3,(H,27,31)/t16-,22-/m1/s1. The monoisotopic (exact) mass is 466 g/mol. The van der Waals surface area contributed by atoms with E-state index in [9.17, 15) is 19.5 Å².